The largest absolute Gasteiger partial charge is 0.300 e. The zero-order chi connectivity index (χ0) is 10.4. The molecule has 2 heteroatoms. The molecule has 2 fully saturated rings. The van der Waals surface area contributed by atoms with Crippen LogP contribution in [-0.2, 0) is 9.59 Å². The summed E-state index contributed by atoms with van der Waals surface area (Å²) in [6.07, 6.45) is 8.32. The van der Waals surface area contributed by atoms with Crippen LogP contribution in [0.4, 0.5) is 0 Å². The standard InChI is InChI=1S/2C6H10O/c1-5-3-2-4-6(5)7;7-6-4-2-1-3-5-6/h5H,2-4H2,1H3;1-5H2. The van der Waals surface area contributed by atoms with Crippen LogP contribution in [0, 0.1) is 5.92 Å². The maximum absolute atomic E-state index is 10.6. The van der Waals surface area contributed by atoms with Gasteiger partial charge in [0.05, 0.1) is 0 Å². The quantitative estimate of drug-likeness (QED) is 0.597. The van der Waals surface area contributed by atoms with Crippen molar-refractivity contribution in [1.82, 2.24) is 0 Å². The number of carbonyl (C=O) groups excluding carboxylic acids is 2. The van der Waals surface area contributed by atoms with E-state index in [-0.39, 0.29) is 0 Å². The fourth-order valence-corrected chi connectivity index (χ4v) is 1.94. The molecule has 2 saturated carbocycles. The third-order valence-corrected chi connectivity index (χ3v) is 3.02. The van der Waals surface area contributed by atoms with E-state index in [2.05, 4.69) is 0 Å². The summed E-state index contributed by atoms with van der Waals surface area (Å²) in [7, 11) is 0. The van der Waals surface area contributed by atoms with Crippen LogP contribution in [0.5, 0.6) is 0 Å². The lowest BCUT2D eigenvalue weighted by atomic mass is 10.00. The van der Waals surface area contributed by atoms with E-state index in [9.17, 15) is 9.59 Å². The Morgan fingerprint density at radius 2 is 1.57 bits per heavy atom. The summed E-state index contributed by atoms with van der Waals surface area (Å²) >= 11 is 0. The number of hydrogen-bond donors (Lipinski definition) is 0. The summed E-state index contributed by atoms with van der Waals surface area (Å²) in [4.78, 5) is 21.0. The van der Waals surface area contributed by atoms with E-state index >= 15 is 0 Å². The second-order valence-corrected chi connectivity index (χ2v) is 4.36. The predicted molar refractivity (Wildman–Crippen MR) is 56.1 cm³/mol. The Morgan fingerprint density at radius 3 is 1.79 bits per heavy atom. The van der Waals surface area contributed by atoms with Crippen LogP contribution in [0.1, 0.15) is 58.3 Å². The zero-order valence-corrected chi connectivity index (χ0v) is 9.05. The van der Waals surface area contributed by atoms with Crippen LogP contribution in [-0.4, -0.2) is 11.6 Å². The first-order chi connectivity index (χ1) is 6.70. The molecule has 0 aromatic rings. The average Bonchev–Trinajstić information content (AvgIpc) is 2.53. The van der Waals surface area contributed by atoms with Gasteiger partial charge >= 0.3 is 0 Å². The normalized spacial score (nSPS) is 27.1. The molecule has 0 heterocycles. The van der Waals surface area contributed by atoms with Crippen molar-refractivity contribution in [2.75, 3.05) is 0 Å². The van der Waals surface area contributed by atoms with Crippen LogP contribution in [0.15, 0.2) is 0 Å². The van der Waals surface area contributed by atoms with E-state index in [0.717, 1.165) is 44.9 Å². The Hall–Kier alpha value is -0.660. The van der Waals surface area contributed by atoms with Crippen LogP contribution in [0.2, 0.25) is 0 Å². The molecular formula is C12H20O2. The van der Waals surface area contributed by atoms with Crippen LogP contribution in [0.25, 0.3) is 0 Å². The van der Waals surface area contributed by atoms with Gasteiger partial charge < -0.3 is 0 Å². The second kappa shape index (κ2) is 5.94. The topological polar surface area (TPSA) is 34.1 Å². The predicted octanol–water partition coefficient (Wildman–Crippen LogP) is 2.90. The molecular weight excluding hydrogens is 176 g/mol. The summed E-state index contributed by atoms with van der Waals surface area (Å²) in [6.45, 7) is 2.01. The van der Waals surface area contributed by atoms with E-state index in [4.69, 9.17) is 0 Å². The van der Waals surface area contributed by atoms with Crippen molar-refractivity contribution in [2.45, 2.75) is 58.3 Å². The molecule has 1 unspecified atom stereocenters. The van der Waals surface area contributed by atoms with Crippen molar-refractivity contribution in [3.8, 4) is 0 Å². The smallest absolute Gasteiger partial charge is 0.135 e. The minimum Gasteiger partial charge on any atom is -0.300 e. The maximum Gasteiger partial charge on any atom is 0.135 e. The molecule has 0 saturated heterocycles. The summed E-state index contributed by atoms with van der Waals surface area (Å²) in [5, 5.41) is 0. The van der Waals surface area contributed by atoms with E-state index in [1.54, 1.807) is 0 Å². The number of carbonyl (C=O) groups is 2. The molecule has 2 rings (SSSR count). The fourth-order valence-electron chi connectivity index (χ4n) is 1.94. The van der Waals surface area contributed by atoms with Gasteiger partial charge in [0.1, 0.15) is 11.6 Å². The Bertz CT molecular complexity index is 200. The van der Waals surface area contributed by atoms with Gasteiger partial charge in [-0.15, -0.1) is 0 Å². The van der Waals surface area contributed by atoms with Gasteiger partial charge in [-0.2, -0.15) is 0 Å². The molecule has 14 heavy (non-hydrogen) atoms. The first-order valence-electron chi connectivity index (χ1n) is 5.74. The summed E-state index contributed by atoms with van der Waals surface area (Å²) in [6, 6.07) is 0. The molecule has 2 nitrogen and oxygen atoms in total. The maximum atomic E-state index is 10.6. The number of Topliss-reactive ketones (excluding diaryl/α,β-unsaturated/α-hetero) is 2. The molecule has 2 aliphatic rings. The number of ketones is 2. The van der Waals surface area contributed by atoms with Crippen LogP contribution < -0.4 is 0 Å². The molecule has 0 N–H and O–H groups in total. The van der Waals surface area contributed by atoms with Gasteiger partial charge in [0.2, 0.25) is 0 Å². The Balaban J connectivity index is 0.000000140. The van der Waals surface area contributed by atoms with Crippen molar-refractivity contribution in [3.05, 3.63) is 0 Å². The van der Waals surface area contributed by atoms with Crippen LogP contribution >= 0.6 is 0 Å². The molecule has 0 spiro atoms. The fraction of sp³-hybridized carbons (Fsp3) is 0.833. The first kappa shape index (κ1) is 11.4. The lowest BCUT2D eigenvalue weighted by molar-refractivity contribution is -0.121. The van der Waals surface area contributed by atoms with E-state index in [1.807, 2.05) is 6.92 Å². The monoisotopic (exact) mass is 196 g/mol. The van der Waals surface area contributed by atoms with Crippen molar-refractivity contribution >= 4 is 11.6 Å². The van der Waals surface area contributed by atoms with Gasteiger partial charge in [-0.25, -0.2) is 0 Å². The summed E-state index contributed by atoms with van der Waals surface area (Å²) in [5.41, 5.74) is 0. The van der Waals surface area contributed by atoms with Gasteiger partial charge in [0.15, 0.2) is 0 Å². The van der Waals surface area contributed by atoms with Crippen LogP contribution in [0.3, 0.4) is 0 Å². The molecule has 1 atom stereocenters. The Morgan fingerprint density at radius 1 is 0.929 bits per heavy atom. The van der Waals surface area contributed by atoms with Crippen molar-refractivity contribution in [3.63, 3.8) is 0 Å². The summed E-state index contributed by atoms with van der Waals surface area (Å²) in [5.74, 6) is 1.30. The highest BCUT2D eigenvalue weighted by molar-refractivity contribution is 5.82. The highest BCUT2D eigenvalue weighted by Gasteiger charge is 2.18. The van der Waals surface area contributed by atoms with Gasteiger partial charge in [-0.05, 0) is 25.7 Å². The third-order valence-electron chi connectivity index (χ3n) is 3.02. The van der Waals surface area contributed by atoms with Crippen molar-refractivity contribution < 1.29 is 9.59 Å². The second-order valence-electron chi connectivity index (χ2n) is 4.36. The molecule has 0 radical (unpaired) electrons. The van der Waals surface area contributed by atoms with Gasteiger partial charge in [-0.3, -0.25) is 9.59 Å². The van der Waals surface area contributed by atoms with Crippen molar-refractivity contribution in [2.24, 2.45) is 5.92 Å². The molecule has 0 amide bonds. The molecule has 0 aliphatic heterocycles. The lowest BCUT2D eigenvalue weighted by Crippen LogP contribution is -2.02. The molecule has 0 bridgehead atoms. The third kappa shape index (κ3) is 4.03. The average molecular weight is 196 g/mol. The molecule has 0 aromatic carbocycles. The van der Waals surface area contributed by atoms with Gasteiger partial charge in [0, 0.05) is 25.2 Å². The minimum atomic E-state index is 0.375. The van der Waals surface area contributed by atoms with E-state index in [0.29, 0.717) is 17.5 Å². The van der Waals surface area contributed by atoms with Gasteiger partial charge in [-0.1, -0.05) is 13.3 Å². The van der Waals surface area contributed by atoms with Crippen molar-refractivity contribution in [1.29, 1.82) is 0 Å². The number of hydrogen-bond acceptors (Lipinski definition) is 2. The number of rotatable bonds is 0. The van der Waals surface area contributed by atoms with E-state index < -0.39 is 0 Å². The highest BCUT2D eigenvalue weighted by Crippen LogP contribution is 2.19. The summed E-state index contributed by atoms with van der Waals surface area (Å²) < 4.78 is 0. The SMILES string of the molecule is CC1CCCC1=O.O=C1CCCCC1. The minimum absolute atomic E-state index is 0.375. The Kier molecular flexibility index (Phi) is 4.85. The lowest BCUT2D eigenvalue weighted by Gasteiger charge is -2.05. The first-order valence-corrected chi connectivity index (χ1v) is 5.74. The molecule has 80 valence electrons. The Labute approximate surface area is 86.1 Å². The zero-order valence-electron chi connectivity index (χ0n) is 9.05. The molecule has 0 aromatic heterocycles. The highest BCUT2D eigenvalue weighted by atomic mass is 16.1. The van der Waals surface area contributed by atoms with E-state index in [1.165, 1.54) is 6.42 Å². The van der Waals surface area contributed by atoms with Gasteiger partial charge in [0.25, 0.3) is 0 Å². The molecule has 2 aliphatic carbocycles.